The summed E-state index contributed by atoms with van der Waals surface area (Å²) in [6, 6.07) is 0. The maximum absolute atomic E-state index is 11.8. The third kappa shape index (κ3) is 2.95. The van der Waals surface area contributed by atoms with Crippen LogP contribution in [0, 0.1) is 5.41 Å². The molecule has 0 fully saturated rings. The molecule has 0 spiro atoms. The van der Waals surface area contributed by atoms with E-state index in [1.807, 2.05) is 0 Å². The smallest absolute Gasteiger partial charge is 0.307 e. The number of hydrogen-bond acceptors (Lipinski definition) is 6. The third-order valence-electron chi connectivity index (χ3n) is 1.98. The Bertz CT molecular complexity index is 783. The molecule has 2 aromatic heterocycles. The van der Waals surface area contributed by atoms with Gasteiger partial charge in [0.2, 0.25) is 5.62 Å². The normalized spacial score (nSPS) is 13.1. The van der Waals surface area contributed by atoms with E-state index in [0.717, 1.165) is 4.34 Å². The maximum atomic E-state index is 11.8. The Balaban J connectivity index is 2.89. The lowest BCUT2D eigenvalue weighted by Crippen LogP contribution is -2.29. The first kappa shape index (κ1) is 14.4. The molecule has 19 heavy (non-hydrogen) atoms. The van der Waals surface area contributed by atoms with Crippen LogP contribution in [-0.2, 0) is 9.13 Å². The SMILES string of the molecule is N=c1nc2nc[nH]c2c(SP(N)(N)=O)n1P(N)(N)=O. The summed E-state index contributed by atoms with van der Waals surface area (Å²) in [4.78, 5) is 10.3. The number of fused-ring (bicyclic) bond motifs is 1. The molecule has 0 saturated heterocycles. The Morgan fingerprint density at radius 1 is 1.32 bits per heavy atom. The summed E-state index contributed by atoms with van der Waals surface area (Å²) in [6.45, 7) is -3.58. The molecule has 0 radical (unpaired) electrons. The highest BCUT2D eigenvalue weighted by molar-refractivity contribution is 8.56. The van der Waals surface area contributed by atoms with Crippen LogP contribution >= 0.6 is 25.6 Å². The standard InChI is InChI=1S/C5H11N9O2P2S/c6-5-13-3-2(11-1-12-3)4(19-18(9,10)16)14(5)17(7,8)15/h1H,(H4,7,8,15)(H4,9,10,16)(H2,6,11,12,13). The summed E-state index contributed by atoms with van der Waals surface area (Å²) < 4.78 is 24.1. The van der Waals surface area contributed by atoms with Crippen molar-refractivity contribution < 1.29 is 9.13 Å². The van der Waals surface area contributed by atoms with Crippen molar-refractivity contribution in [3.05, 3.63) is 11.9 Å². The zero-order valence-corrected chi connectivity index (χ0v) is 12.0. The minimum atomic E-state index is -3.89. The number of aromatic nitrogens is 4. The highest BCUT2D eigenvalue weighted by Crippen LogP contribution is 2.51. The second-order valence-corrected chi connectivity index (χ2v) is 9.43. The Kier molecular flexibility index (Phi) is 3.43. The van der Waals surface area contributed by atoms with E-state index in [9.17, 15) is 9.13 Å². The quantitative estimate of drug-likeness (QED) is 0.309. The number of aromatic amines is 1. The van der Waals surface area contributed by atoms with Crippen molar-refractivity contribution >= 4 is 36.8 Å². The van der Waals surface area contributed by atoms with Gasteiger partial charge in [-0.15, -0.1) is 0 Å². The van der Waals surface area contributed by atoms with E-state index in [2.05, 4.69) is 15.0 Å². The first-order valence-corrected chi connectivity index (χ1v) is 9.71. The third-order valence-corrected chi connectivity index (χ3v) is 5.35. The van der Waals surface area contributed by atoms with Crippen LogP contribution in [0.25, 0.3) is 11.2 Å². The first-order chi connectivity index (χ1) is 8.59. The molecule has 2 aromatic rings. The molecule has 0 aromatic carbocycles. The predicted molar refractivity (Wildman–Crippen MR) is 71.0 cm³/mol. The Morgan fingerprint density at radius 2 is 1.95 bits per heavy atom. The molecule has 14 heteroatoms. The summed E-state index contributed by atoms with van der Waals surface area (Å²) >= 11 is 0.513. The van der Waals surface area contributed by atoms with Gasteiger partial charge >= 0.3 is 7.59 Å². The van der Waals surface area contributed by atoms with E-state index in [1.54, 1.807) is 0 Å². The van der Waals surface area contributed by atoms with Crippen molar-refractivity contribution in [2.75, 3.05) is 0 Å². The summed E-state index contributed by atoms with van der Waals surface area (Å²) in [7, 11) is -3.89. The van der Waals surface area contributed by atoms with Crippen LogP contribution in [0.5, 0.6) is 0 Å². The van der Waals surface area contributed by atoms with E-state index < -0.39 is 19.9 Å². The number of hydrogen-bond donors (Lipinski definition) is 6. The van der Waals surface area contributed by atoms with Crippen molar-refractivity contribution in [3.63, 3.8) is 0 Å². The number of imidazole rings is 1. The Labute approximate surface area is 110 Å². The van der Waals surface area contributed by atoms with Gasteiger partial charge in [0, 0.05) is 0 Å². The van der Waals surface area contributed by atoms with Crippen molar-refractivity contribution in [2.24, 2.45) is 22.0 Å². The second kappa shape index (κ2) is 4.53. The van der Waals surface area contributed by atoms with Gasteiger partial charge in [-0.3, -0.25) is 36.6 Å². The predicted octanol–water partition coefficient (Wildman–Crippen LogP) is -0.770. The van der Waals surface area contributed by atoms with Gasteiger partial charge in [0.1, 0.15) is 10.5 Å². The van der Waals surface area contributed by atoms with Crippen LogP contribution in [0.4, 0.5) is 0 Å². The van der Waals surface area contributed by atoms with Crippen LogP contribution < -0.4 is 27.6 Å². The van der Waals surface area contributed by atoms with Crippen LogP contribution in [0.15, 0.2) is 11.4 Å². The Morgan fingerprint density at radius 3 is 2.47 bits per heavy atom. The van der Waals surface area contributed by atoms with Gasteiger partial charge in [-0.25, -0.2) is 9.32 Å². The van der Waals surface area contributed by atoms with Gasteiger partial charge in [-0.05, 0) is 11.4 Å². The zero-order chi connectivity index (χ0) is 14.4. The topological polar surface area (TPSA) is 209 Å². The summed E-state index contributed by atoms with van der Waals surface area (Å²) in [6.07, 6.45) is 1.29. The van der Waals surface area contributed by atoms with Gasteiger partial charge in [0.25, 0.3) is 6.65 Å². The lowest BCUT2D eigenvalue weighted by atomic mass is 10.6. The van der Waals surface area contributed by atoms with Crippen molar-refractivity contribution in [1.82, 2.24) is 19.3 Å². The van der Waals surface area contributed by atoms with Crippen molar-refractivity contribution in [3.8, 4) is 0 Å². The van der Waals surface area contributed by atoms with Gasteiger partial charge in [-0.1, -0.05) is 0 Å². The van der Waals surface area contributed by atoms with Crippen molar-refractivity contribution in [1.29, 1.82) is 5.41 Å². The van der Waals surface area contributed by atoms with Crippen LogP contribution in [-0.4, -0.2) is 19.3 Å². The van der Waals surface area contributed by atoms with E-state index in [0.29, 0.717) is 11.4 Å². The molecule has 11 nitrogen and oxygen atoms in total. The van der Waals surface area contributed by atoms with Gasteiger partial charge in [0.15, 0.2) is 5.65 Å². The van der Waals surface area contributed by atoms with Crippen molar-refractivity contribution in [2.45, 2.75) is 5.03 Å². The second-order valence-electron chi connectivity index (χ2n) is 3.56. The highest BCUT2D eigenvalue weighted by Gasteiger charge is 2.26. The number of nitrogens with zero attached hydrogens (tertiary/aromatic N) is 3. The lowest BCUT2D eigenvalue weighted by molar-refractivity contribution is 0.563. The minimum Gasteiger partial charge on any atom is -0.341 e. The van der Waals surface area contributed by atoms with Crippen LogP contribution in [0.2, 0.25) is 0 Å². The molecule has 2 heterocycles. The molecule has 0 bridgehead atoms. The number of H-pyrrole nitrogens is 1. The Hall–Kier alpha value is -1.00. The number of nitrogens with one attached hydrogen (secondary N) is 2. The fourth-order valence-electron chi connectivity index (χ4n) is 1.39. The van der Waals surface area contributed by atoms with E-state index >= 15 is 0 Å². The molecular weight excluding hydrogens is 312 g/mol. The fourth-order valence-corrected chi connectivity index (χ4v) is 4.82. The number of rotatable bonds is 3. The first-order valence-electron chi connectivity index (χ1n) is 4.65. The molecular formula is C5H11N9O2P2S. The van der Waals surface area contributed by atoms with E-state index in [-0.39, 0.29) is 16.2 Å². The van der Waals surface area contributed by atoms with E-state index in [1.165, 1.54) is 6.33 Å². The monoisotopic (exact) mass is 323 g/mol. The molecule has 104 valence electrons. The molecule has 0 aliphatic carbocycles. The minimum absolute atomic E-state index is 0.00540. The molecule has 0 atom stereocenters. The lowest BCUT2D eigenvalue weighted by Gasteiger charge is -2.17. The van der Waals surface area contributed by atoms with Gasteiger partial charge < -0.3 is 4.98 Å². The maximum Gasteiger partial charge on any atom is 0.307 e. The largest absolute Gasteiger partial charge is 0.341 e. The molecule has 0 aliphatic heterocycles. The molecule has 10 N–H and O–H groups in total. The molecule has 2 rings (SSSR count). The summed E-state index contributed by atoms with van der Waals surface area (Å²) in [5.41, 5.74) is 21.2. The highest BCUT2D eigenvalue weighted by atomic mass is 32.7. The van der Waals surface area contributed by atoms with Gasteiger partial charge in [-0.2, -0.15) is 4.98 Å². The van der Waals surface area contributed by atoms with Crippen LogP contribution in [0.3, 0.4) is 0 Å². The summed E-state index contributed by atoms with van der Waals surface area (Å²) in [5.74, 6) is 0. The average molecular weight is 323 g/mol. The molecule has 0 saturated carbocycles. The molecule has 0 amide bonds. The zero-order valence-electron chi connectivity index (χ0n) is 9.35. The summed E-state index contributed by atoms with van der Waals surface area (Å²) in [5, 5.41) is 7.67. The average Bonchev–Trinajstić information content (AvgIpc) is 2.60. The molecule has 0 aliphatic rings. The van der Waals surface area contributed by atoms with E-state index in [4.69, 9.17) is 27.4 Å². The van der Waals surface area contributed by atoms with Gasteiger partial charge in [0.05, 0.1) is 6.33 Å². The fraction of sp³-hybridized carbons (Fsp3) is 0. The van der Waals surface area contributed by atoms with Crippen LogP contribution in [0.1, 0.15) is 0 Å². The molecule has 0 unspecified atom stereocenters. The number of nitrogens with two attached hydrogens (primary N) is 4.